The van der Waals surface area contributed by atoms with Gasteiger partial charge in [0.25, 0.3) is 11.5 Å². The molecule has 6 heteroatoms. The summed E-state index contributed by atoms with van der Waals surface area (Å²) in [5.74, 6) is 0.373. The highest BCUT2D eigenvalue weighted by Gasteiger charge is 2.27. The van der Waals surface area contributed by atoms with E-state index in [0.717, 1.165) is 5.56 Å². The number of hydrogen-bond acceptors (Lipinski definition) is 3. The Hall–Kier alpha value is -3.44. The highest BCUT2D eigenvalue weighted by Crippen LogP contribution is 2.27. The van der Waals surface area contributed by atoms with Crippen LogP contribution < -0.4 is 5.56 Å². The first-order valence-electron chi connectivity index (χ1n) is 10.5. The molecule has 1 heterocycles. The number of fused-ring (bicyclic) bond motifs is 1. The SMILES string of the molecule is CCC(c1nc2ccccc2c(=O)n1-c1cccc(Cl)c1)N(C)C(=O)c1ccc(C)cc1. The maximum absolute atomic E-state index is 13.6. The number of hydrogen-bond donors (Lipinski definition) is 0. The van der Waals surface area contributed by atoms with Crippen molar-refractivity contribution >= 4 is 28.4 Å². The third kappa shape index (κ3) is 4.04. The van der Waals surface area contributed by atoms with E-state index < -0.39 is 6.04 Å². The van der Waals surface area contributed by atoms with Crippen molar-refractivity contribution in [2.45, 2.75) is 26.3 Å². The van der Waals surface area contributed by atoms with E-state index in [2.05, 4.69) is 0 Å². The van der Waals surface area contributed by atoms with E-state index in [9.17, 15) is 9.59 Å². The first kappa shape index (κ1) is 21.8. The van der Waals surface area contributed by atoms with E-state index >= 15 is 0 Å². The van der Waals surface area contributed by atoms with Crippen LogP contribution in [0.5, 0.6) is 0 Å². The van der Waals surface area contributed by atoms with Gasteiger partial charge in [-0.05, 0) is 55.8 Å². The molecule has 4 aromatic rings. The van der Waals surface area contributed by atoms with Gasteiger partial charge in [-0.15, -0.1) is 0 Å². The molecule has 32 heavy (non-hydrogen) atoms. The van der Waals surface area contributed by atoms with Crippen LogP contribution >= 0.6 is 11.6 Å². The number of carbonyl (C=O) groups excluding carboxylic acids is 1. The van der Waals surface area contributed by atoms with Crippen molar-refractivity contribution in [3.8, 4) is 5.69 Å². The zero-order valence-electron chi connectivity index (χ0n) is 18.2. The van der Waals surface area contributed by atoms with Gasteiger partial charge in [-0.1, -0.05) is 54.4 Å². The monoisotopic (exact) mass is 445 g/mol. The molecule has 0 aliphatic carbocycles. The molecule has 0 fully saturated rings. The summed E-state index contributed by atoms with van der Waals surface area (Å²) in [4.78, 5) is 33.3. The van der Waals surface area contributed by atoms with Crippen LogP contribution in [0.1, 0.15) is 41.1 Å². The fourth-order valence-electron chi connectivity index (χ4n) is 3.91. The number of amides is 1. The maximum Gasteiger partial charge on any atom is 0.266 e. The predicted octanol–water partition coefficient (Wildman–Crippen LogP) is 5.57. The fraction of sp³-hybridized carbons (Fsp3) is 0.192. The van der Waals surface area contributed by atoms with E-state index in [0.29, 0.717) is 39.4 Å². The average Bonchev–Trinajstić information content (AvgIpc) is 2.79. The second kappa shape index (κ2) is 8.97. The Bertz CT molecular complexity index is 1350. The summed E-state index contributed by atoms with van der Waals surface area (Å²) in [5, 5.41) is 1.03. The Morgan fingerprint density at radius 2 is 1.78 bits per heavy atom. The first-order valence-corrected chi connectivity index (χ1v) is 10.9. The normalized spacial score (nSPS) is 12.0. The van der Waals surface area contributed by atoms with Crippen molar-refractivity contribution in [3.63, 3.8) is 0 Å². The molecule has 0 N–H and O–H groups in total. The minimum Gasteiger partial charge on any atom is -0.332 e. The van der Waals surface area contributed by atoms with Crippen molar-refractivity contribution < 1.29 is 4.79 Å². The Morgan fingerprint density at radius 1 is 1.06 bits per heavy atom. The topological polar surface area (TPSA) is 55.2 Å². The van der Waals surface area contributed by atoms with Crippen LogP contribution in [0.15, 0.2) is 77.6 Å². The zero-order valence-corrected chi connectivity index (χ0v) is 19.0. The quantitative estimate of drug-likeness (QED) is 0.403. The summed E-state index contributed by atoms with van der Waals surface area (Å²) < 4.78 is 1.57. The molecule has 1 atom stereocenters. The van der Waals surface area contributed by atoms with E-state index in [1.54, 1.807) is 40.8 Å². The van der Waals surface area contributed by atoms with Crippen LogP contribution in [0.3, 0.4) is 0 Å². The lowest BCUT2D eigenvalue weighted by molar-refractivity contribution is 0.0717. The van der Waals surface area contributed by atoms with Gasteiger partial charge in [-0.2, -0.15) is 0 Å². The summed E-state index contributed by atoms with van der Waals surface area (Å²) in [6.07, 6.45) is 0.583. The van der Waals surface area contributed by atoms with Gasteiger partial charge in [0, 0.05) is 17.6 Å². The third-order valence-electron chi connectivity index (χ3n) is 5.64. The highest BCUT2D eigenvalue weighted by molar-refractivity contribution is 6.30. The Morgan fingerprint density at radius 3 is 2.47 bits per heavy atom. The van der Waals surface area contributed by atoms with Gasteiger partial charge < -0.3 is 4.90 Å². The highest BCUT2D eigenvalue weighted by atomic mass is 35.5. The lowest BCUT2D eigenvalue weighted by atomic mass is 10.1. The Balaban J connectivity index is 1.91. The number of halogens is 1. The second-order valence-corrected chi connectivity index (χ2v) is 8.25. The van der Waals surface area contributed by atoms with E-state index in [4.69, 9.17) is 16.6 Å². The number of aromatic nitrogens is 2. The Kier molecular flexibility index (Phi) is 6.10. The van der Waals surface area contributed by atoms with Crippen LogP contribution in [-0.4, -0.2) is 27.4 Å². The molecule has 4 rings (SSSR count). The van der Waals surface area contributed by atoms with Gasteiger partial charge in [0.15, 0.2) is 0 Å². The standard InChI is InChI=1S/C26H24ClN3O2/c1-4-23(29(3)25(31)18-14-12-17(2)13-15-18)24-28-22-11-6-5-10-21(22)26(32)30(24)20-9-7-8-19(27)16-20/h5-16,23H,4H2,1-3H3. The lowest BCUT2D eigenvalue weighted by Crippen LogP contribution is -2.36. The zero-order chi connectivity index (χ0) is 22.8. The van der Waals surface area contributed by atoms with Crippen molar-refractivity contribution in [2.24, 2.45) is 0 Å². The maximum atomic E-state index is 13.6. The van der Waals surface area contributed by atoms with E-state index in [1.807, 2.05) is 62.4 Å². The average molecular weight is 446 g/mol. The molecular formula is C26H24ClN3O2. The lowest BCUT2D eigenvalue weighted by Gasteiger charge is -2.29. The van der Waals surface area contributed by atoms with Crippen molar-refractivity contribution in [1.82, 2.24) is 14.5 Å². The van der Waals surface area contributed by atoms with Crippen LogP contribution in [0.4, 0.5) is 0 Å². The molecule has 0 bridgehead atoms. The number of aryl methyl sites for hydroxylation is 1. The number of para-hydroxylation sites is 1. The van der Waals surface area contributed by atoms with Crippen molar-refractivity contribution in [1.29, 1.82) is 0 Å². The van der Waals surface area contributed by atoms with Gasteiger partial charge in [-0.3, -0.25) is 14.2 Å². The summed E-state index contributed by atoms with van der Waals surface area (Å²) in [6, 6.07) is 21.4. The van der Waals surface area contributed by atoms with Crippen LogP contribution in [0.25, 0.3) is 16.6 Å². The van der Waals surface area contributed by atoms with E-state index in [1.165, 1.54) is 0 Å². The van der Waals surface area contributed by atoms with Crippen LogP contribution in [0, 0.1) is 6.92 Å². The molecule has 1 aromatic heterocycles. The Labute approximate surface area is 191 Å². The number of nitrogens with zero attached hydrogens (tertiary/aromatic N) is 3. The molecule has 0 saturated heterocycles. The van der Waals surface area contributed by atoms with Crippen molar-refractivity contribution in [2.75, 3.05) is 7.05 Å². The van der Waals surface area contributed by atoms with Gasteiger partial charge in [-0.25, -0.2) is 4.98 Å². The molecule has 0 aliphatic heterocycles. The molecule has 0 spiro atoms. The summed E-state index contributed by atoms with van der Waals surface area (Å²) in [5.41, 5.74) is 2.70. The largest absolute Gasteiger partial charge is 0.332 e. The number of rotatable bonds is 5. The summed E-state index contributed by atoms with van der Waals surface area (Å²) >= 11 is 6.24. The predicted molar refractivity (Wildman–Crippen MR) is 129 cm³/mol. The third-order valence-corrected chi connectivity index (χ3v) is 5.87. The number of benzene rings is 3. The van der Waals surface area contributed by atoms with Crippen LogP contribution in [0.2, 0.25) is 5.02 Å². The molecule has 0 aliphatic rings. The van der Waals surface area contributed by atoms with E-state index in [-0.39, 0.29) is 11.5 Å². The molecule has 0 saturated carbocycles. The second-order valence-electron chi connectivity index (χ2n) is 7.81. The molecule has 5 nitrogen and oxygen atoms in total. The summed E-state index contributed by atoms with van der Waals surface area (Å²) in [7, 11) is 1.75. The van der Waals surface area contributed by atoms with Gasteiger partial charge in [0.05, 0.1) is 22.6 Å². The molecular weight excluding hydrogens is 422 g/mol. The van der Waals surface area contributed by atoms with Gasteiger partial charge in [0.1, 0.15) is 5.82 Å². The van der Waals surface area contributed by atoms with Crippen molar-refractivity contribution in [3.05, 3.63) is 105 Å². The smallest absolute Gasteiger partial charge is 0.266 e. The van der Waals surface area contributed by atoms with Gasteiger partial charge >= 0.3 is 0 Å². The molecule has 1 amide bonds. The summed E-state index contributed by atoms with van der Waals surface area (Å²) in [6.45, 7) is 3.96. The number of carbonyl (C=O) groups is 1. The minimum atomic E-state index is -0.417. The minimum absolute atomic E-state index is 0.128. The molecule has 0 radical (unpaired) electrons. The molecule has 162 valence electrons. The van der Waals surface area contributed by atoms with Gasteiger partial charge in [0.2, 0.25) is 0 Å². The fourth-order valence-corrected chi connectivity index (χ4v) is 4.09. The molecule has 3 aromatic carbocycles. The first-order chi connectivity index (χ1) is 15.4. The van der Waals surface area contributed by atoms with Crippen LogP contribution in [-0.2, 0) is 0 Å². The molecule has 1 unspecified atom stereocenters.